The summed E-state index contributed by atoms with van der Waals surface area (Å²) < 4.78 is 57.2. The Morgan fingerprint density at radius 3 is 2.62 bits per heavy atom. The van der Waals surface area contributed by atoms with Gasteiger partial charge in [-0.3, -0.25) is 4.31 Å². The molecule has 0 radical (unpaired) electrons. The summed E-state index contributed by atoms with van der Waals surface area (Å²) in [6.07, 6.45) is 3.03. The first-order valence-corrected chi connectivity index (χ1v) is 16.8. The highest BCUT2D eigenvalue weighted by Gasteiger charge is 2.28. The maximum absolute atomic E-state index is 13.5. The number of sulfone groups is 1. The monoisotopic (exact) mass is 582 g/mol. The number of H-pyrrole nitrogens is 1. The number of fused-ring (bicyclic) bond motifs is 1. The molecule has 3 heterocycles. The van der Waals surface area contributed by atoms with Crippen molar-refractivity contribution in [3.05, 3.63) is 52.9 Å². The fourth-order valence-electron chi connectivity index (χ4n) is 3.82. The van der Waals surface area contributed by atoms with E-state index < -0.39 is 19.9 Å². The van der Waals surface area contributed by atoms with Crippen LogP contribution in [0.4, 0.5) is 5.69 Å². The van der Waals surface area contributed by atoms with Gasteiger partial charge in [0.15, 0.2) is 0 Å². The summed E-state index contributed by atoms with van der Waals surface area (Å²) in [6.45, 7) is 3.86. The van der Waals surface area contributed by atoms with E-state index in [1.807, 2.05) is 37.1 Å². The Balaban J connectivity index is 1.63. The van der Waals surface area contributed by atoms with Crippen molar-refractivity contribution in [3.8, 4) is 10.7 Å². The second-order valence-electron chi connectivity index (χ2n) is 8.63. The predicted molar refractivity (Wildman–Crippen MR) is 151 cm³/mol. The number of nitrogens with one attached hydrogen (secondary N) is 1. The van der Waals surface area contributed by atoms with Gasteiger partial charge in [-0.25, -0.2) is 21.8 Å². The van der Waals surface area contributed by atoms with E-state index in [0.29, 0.717) is 30.9 Å². The number of rotatable bonds is 13. The summed E-state index contributed by atoms with van der Waals surface area (Å²) in [7, 11) is -4.91. The van der Waals surface area contributed by atoms with E-state index in [-0.39, 0.29) is 23.1 Å². The number of hydrogen-bond acceptors (Lipinski definition) is 9. The number of anilines is 1. The van der Waals surface area contributed by atoms with E-state index >= 15 is 0 Å². The molecule has 0 saturated heterocycles. The van der Waals surface area contributed by atoms with Crippen molar-refractivity contribution >= 4 is 59.1 Å². The summed E-state index contributed by atoms with van der Waals surface area (Å²) in [6, 6.07) is 10.9. The zero-order chi connectivity index (χ0) is 26.6. The number of sulfonamides is 1. The Hall–Kier alpha value is -2.29. The third-order valence-corrected chi connectivity index (χ3v) is 10.8. The molecule has 1 N–H and O–H groups in total. The maximum Gasteiger partial charge on any atom is 0.273 e. The topological polar surface area (TPSA) is 113 Å². The van der Waals surface area contributed by atoms with Gasteiger partial charge in [0.05, 0.1) is 35.8 Å². The minimum absolute atomic E-state index is 0.105. The normalized spacial score (nSPS) is 12.5. The van der Waals surface area contributed by atoms with E-state index in [4.69, 9.17) is 4.74 Å². The molecule has 0 amide bonds. The van der Waals surface area contributed by atoms with Crippen molar-refractivity contribution < 1.29 is 21.6 Å². The third-order valence-electron chi connectivity index (χ3n) is 5.64. The molecule has 0 spiro atoms. The van der Waals surface area contributed by atoms with Gasteiger partial charge in [0.25, 0.3) is 10.0 Å². The molecule has 0 atom stereocenters. The van der Waals surface area contributed by atoms with Gasteiger partial charge in [-0.05, 0) is 37.6 Å². The highest BCUT2D eigenvalue weighted by atomic mass is 32.2. The van der Waals surface area contributed by atoms with Crippen LogP contribution in [0.15, 0.2) is 52.2 Å². The molecule has 13 heteroatoms. The highest BCUT2D eigenvalue weighted by molar-refractivity contribution is 7.94. The highest BCUT2D eigenvalue weighted by Crippen LogP contribution is 2.35. The lowest BCUT2D eigenvalue weighted by Crippen LogP contribution is -2.34. The van der Waals surface area contributed by atoms with Crippen molar-refractivity contribution in [2.24, 2.45) is 0 Å². The summed E-state index contributed by atoms with van der Waals surface area (Å²) in [5.74, 6) is 0.105. The lowest BCUT2D eigenvalue weighted by atomic mass is 10.2. The average molecular weight is 583 g/mol. The zero-order valence-corrected chi connectivity index (χ0v) is 24.1. The van der Waals surface area contributed by atoms with Crippen LogP contribution in [0.2, 0.25) is 0 Å². The van der Waals surface area contributed by atoms with E-state index in [0.717, 1.165) is 21.0 Å². The smallest absolute Gasteiger partial charge is 0.273 e. The van der Waals surface area contributed by atoms with Crippen LogP contribution < -0.4 is 4.31 Å². The summed E-state index contributed by atoms with van der Waals surface area (Å²) in [5, 5.41) is 3.40. The number of aromatic amines is 1. The van der Waals surface area contributed by atoms with E-state index in [9.17, 15) is 16.8 Å². The molecule has 4 rings (SSSR count). The number of para-hydroxylation sites is 1. The standard InChI is InChI=1S/C24H30N4O5S4/c1-4-33-12-10-28(37(31,32)22-9-6-13-34-22)21-8-5-7-18-15-20(26-23(18)21)24-25-16-19(35-24)17-27(2)11-14-36(3,29)30/h5-9,13,15-16,26H,4,10-12,14,17H2,1-3H3. The third kappa shape index (κ3) is 6.78. The second kappa shape index (κ2) is 11.6. The first-order chi connectivity index (χ1) is 17.6. The van der Waals surface area contributed by atoms with Gasteiger partial charge in [-0.1, -0.05) is 18.2 Å². The van der Waals surface area contributed by atoms with E-state index in [1.54, 1.807) is 29.8 Å². The molecule has 0 aliphatic heterocycles. The lowest BCUT2D eigenvalue weighted by Gasteiger charge is -2.24. The number of thiazole rings is 1. The van der Waals surface area contributed by atoms with Crippen molar-refractivity contribution in [1.29, 1.82) is 0 Å². The average Bonchev–Trinajstić information content (AvgIpc) is 3.60. The molecule has 9 nitrogen and oxygen atoms in total. The molecule has 0 fully saturated rings. The van der Waals surface area contributed by atoms with Gasteiger partial charge in [0.2, 0.25) is 0 Å². The number of thiophene rings is 1. The molecular weight excluding hydrogens is 553 g/mol. The van der Waals surface area contributed by atoms with Gasteiger partial charge < -0.3 is 14.6 Å². The van der Waals surface area contributed by atoms with Crippen molar-refractivity contribution in [2.75, 3.05) is 49.7 Å². The molecule has 4 aromatic rings. The van der Waals surface area contributed by atoms with Crippen LogP contribution in [0.5, 0.6) is 0 Å². The first kappa shape index (κ1) is 27.7. The van der Waals surface area contributed by atoms with Gasteiger partial charge in [-0.15, -0.1) is 22.7 Å². The van der Waals surface area contributed by atoms with Crippen molar-refractivity contribution in [3.63, 3.8) is 0 Å². The summed E-state index contributed by atoms with van der Waals surface area (Å²) >= 11 is 2.70. The number of ether oxygens (including phenoxy) is 1. The fraction of sp³-hybridized carbons (Fsp3) is 0.375. The minimum atomic E-state index is -3.77. The van der Waals surface area contributed by atoms with Crippen molar-refractivity contribution in [2.45, 2.75) is 17.7 Å². The van der Waals surface area contributed by atoms with Crippen LogP contribution in [0.1, 0.15) is 11.8 Å². The first-order valence-electron chi connectivity index (χ1n) is 11.7. The van der Waals surface area contributed by atoms with Gasteiger partial charge in [-0.2, -0.15) is 0 Å². The van der Waals surface area contributed by atoms with E-state index in [1.165, 1.54) is 33.2 Å². The quantitative estimate of drug-likeness (QED) is 0.237. The van der Waals surface area contributed by atoms with E-state index in [2.05, 4.69) is 9.97 Å². The molecule has 0 unspecified atom stereocenters. The van der Waals surface area contributed by atoms with Crippen LogP contribution in [0.3, 0.4) is 0 Å². The van der Waals surface area contributed by atoms with Crippen LogP contribution in [0, 0.1) is 0 Å². The molecule has 0 aliphatic rings. The van der Waals surface area contributed by atoms with Gasteiger partial charge in [0.1, 0.15) is 19.1 Å². The Morgan fingerprint density at radius 1 is 1.11 bits per heavy atom. The Kier molecular flexibility index (Phi) is 8.71. The zero-order valence-electron chi connectivity index (χ0n) is 20.9. The molecule has 0 saturated carbocycles. The Labute approximate surface area is 225 Å². The predicted octanol–water partition coefficient (Wildman–Crippen LogP) is 4.06. The summed E-state index contributed by atoms with van der Waals surface area (Å²) in [5.41, 5.74) is 2.04. The molecular formula is C24H30N4O5S4. The Morgan fingerprint density at radius 2 is 1.92 bits per heavy atom. The number of benzene rings is 1. The largest absolute Gasteiger partial charge is 0.380 e. The van der Waals surface area contributed by atoms with Gasteiger partial charge in [0, 0.05) is 42.4 Å². The lowest BCUT2D eigenvalue weighted by molar-refractivity contribution is 0.156. The number of nitrogens with zero attached hydrogens (tertiary/aromatic N) is 3. The molecule has 1 aromatic carbocycles. The minimum Gasteiger partial charge on any atom is -0.380 e. The molecule has 37 heavy (non-hydrogen) atoms. The summed E-state index contributed by atoms with van der Waals surface area (Å²) in [4.78, 5) is 10.9. The molecule has 0 bridgehead atoms. The Bertz CT molecular complexity index is 1540. The van der Waals surface area contributed by atoms with Crippen LogP contribution >= 0.6 is 22.7 Å². The van der Waals surface area contributed by atoms with Crippen LogP contribution in [-0.2, 0) is 31.1 Å². The molecule has 3 aromatic heterocycles. The fourth-order valence-corrected chi connectivity index (χ4v) is 7.99. The maximum atomic E-state index is 13.5. The SMILES string of the molecule is CCOCCN(c1cccc2cc(-c3ncc(CN(C)CCS(C)(=O)=O)s3)[nH]c12)S(=O)(=O)c1cccs1. The van der Waals surface area contributed by atoms with Gasteiger partial charge >= 0.3 is 0 Å². The molecule has 200 valence electrons. The van der Waals surface area contributed by atoms with Crippen molar-refractivity contribution in [1.82, 2.24) is 14.9 Å². The number of aromatic nitrogens is 2. The van der Waals surface area contributed by atoms with Crippen LogP contribution in [0.25, 0.3) is 21.6 Å². The molecule has 0 aliphatic carbocycles. The van der Waals surface area contributed by atoms with Crippen LogP contribution in [-0.4, -0.2) is 77.1 Å². The number of hydrogen-bond donors (Lipinski definition) is 1. The second-order valence-corrected chi connectivity index (χ2v) is 15.0.